The minimum atomic E-state index is -3.85. The molecule has 0 aliphatic carbocycles. The van der Waals surface area contributed by atoms with Crippen LogP contribution in [0.2, 0.25) is 0 Å². The summed E-state index contributed by atoms with van der Waals surface area (Å²) in [4.78, 5) is 14.1. The lowest BCUT2D eigenvalue weighted by Crippen LogP contribution is -2.47. The normalized spacial score (nSPS) is 14.7. The summed E-state index contributed by atoms with van der Waals surface area (Å²) in [6, 6.07) is 13.1. The Labute approximate surface area is 189 Å². The van der Waals surface area contributed by atoms with Gasteiger partial charge in [-0.25, -0.2) is 12.8 Å². The smallest absolute Gasteiger partial charge is 0.256 e. The number of sulfonamides is 1. The maximum absolute atomic E-state index is 14.0. The minimum absolute atomic E-state index is 0.0420. The molecule has 2 aromatic carbocycles. The predicted octanol–water partition coefficient (Wildman–Crippen LogP) is 2.62. The molecule has 0 aliphatic rings. The number of likely N-dealkylation sites (N-methyl/N-ethyl adjacent to an activating group) is 1. The summed E-state index contributed by atoms with van der Waals surface area (Å²) < 4.78 is 47.2. The Morgan fingerprint density at radius 2 is 1.66 bits per heavy atom. The molecule has 0 spiro atoms. The lowest BCUT2D eigenvalue weighted by molar-refractivity contribution is 0.0220. The highest BCUT2D eigenvalue weighted by Gasteiger charge is 2.33. The van der Waals surface area contributed by atoms with Crippen LogP contribution in [0.3, 0.4) is 0 Å². The molecule has 2 aromatic rings. The van der Waals surface area contributed by atoms with E-state index in [1.165, 1.54) is 46.6 Å². The predicted molar refractivity (Wildman–Crippen MR) is 120 cm³/mol. The maximum atomic E-state index is 14.0. The van der Waals surface area contributed by atoms with Gasteiger partial charge in [0.05, 0.1) is 23.2 Å². The van der Waals surface area contributed by atoms with Crippen molar-refractivity contribution >= 4 is 15.9 Å². The van der Waals surface area contributed by atoms with E-state index in [9.17, 15) is 22.7 Å². The Morgan fingerprint density at radius 1 is 1.06 bits per heavy atom. The number of benzene rings is 2. The van der Waals surface area contributed by atoms with Crippen molar-refractivity contribution in [2.24, 2.45) is 5.92 Å². The number of ether oxygens (including phenoxy) is 1. The Hall–Kier alpha value is -2.33. The van der Waals surface area contributed by atoms with E-state index in [2.05, 4.69) is 0 Å². The molecule has 7 nitrogen and oxygen atoms in total. The van der Waals surface area contributed by atoms with Gasteiger partial charge in [-0.15, -0.1) is 0 Å². The summed E-state index contributed by atoms with van der Waals surface area (Å²) in [6.07, 6.45) is -0.518. The highest BCUT2D eigenvalue weighted by molar-refractivity contribution is 7.89. The Balaban J connectivity index is 2.19. The number of hydrogen-bond donors (Lipinski definition) is 1. The zero-order chi connectivity index (χ0) is 23.9. The fourth-order valence-electron chi connectivity index (χ4n) is 3.42. The molecular weight excluding hydrogens is 435 g/mol. The summed E-state index contributed by atoms with van der Waals surface area (Å²) in [5.74, 6) is -1.43. The van der Waals surface area contributed by atoms with Crippen LogP contribution in [0.25, 0.3) is 0 Å². The van der Waals surface area contributed by atoms with Crippen LogP contribution in [-0.4, -0.2) is 74.6 Å². The van der Waals surface area contributed by atoms with Gasteiger partial charge in [-0.2, -0.15) is 4.31 Å². The van der Waals surface area contributed by atoms with E-state index in [1.807, 2.05) is 6.92 Å². The third kappa shape index (κ3) is 6.13. The monoisotopic (exact) mass is 466 g/mol. The van der Waals surface area contributed by atoms with Crippen molar-refractivity contribution < 1.29 is 27.4 Å². The Kier molecular flexibility index (Phi) is 9.33. The number of rotatable bonds is 11. The van der Waals surface area contributed by atoms with E-state index < -0.39 is 33.9 Å². The summed E-state index contributed by atoms with van der Waals surface area (Å²) >= 11 is 0. The van der Waals surface area contributed by atoms with E-state index in [1.54, 1.807) is 38.2 Å². The van der Waals surface area contributed by atoms with Crippen LogP contribution >= 0.6 is 0 Å². The number of nitrogens with zero attached hydrogens (tertiary/aromatic N) is 2. The zero-order valence-electron chi connectivity index (χ0n) is 18.8. The van der Waals surface area contributed by atoms with Gasteiger partial charge in [0, 0.05) is 33.3 Å². The molecule has 3 atom stereocenters. The van der Waals surface area contributed by atoms with E-state index >= 15 is 0 Å². The van der Waals surface area contributed by atoms with Crippen LogP contribution in [-0.2, 0) is 14.8 Å². The van der Waals surface area contributed by atoms with Gasteiger partial charge in [-0.1, -0.05) is 37.3 Å². The van der Waals surface area contributed by atoms with E-state index in [0.717, 1.165) is 0 Å². The van der Waals surface area contributed by atoms with Gasteiger partial charge in [0.25, 0.3) is 5.91 Å². The van der Waals surface area contributed by atoms with Crippen molar-refractivity contribution in [1.29, 1.82) is 0 Å². The zero-order valence-corrected chi connectivity index (χ0v) is 19.6. The molecule has 176 valence electrons. The molecule has 1 amide bonds. The lowest BCUT2D eigenvalue weighted by atomic mass is 10.0. The summed E-state index contributed by atoms with van der Waals surface area (Å²) in [6.45, 7) is 3.30. The maximum Gasteiger partial charge on any atom is 0.256 e. The summed E-state index contributed by atoms with van der Waals surface area (Å²) in [7, 11) is -0.831. The van der Waals surface area contributed by atoms with E-state index in [4.69, 9.17) is 4.74 Å². The number of amides is 1. The number of halogens is 1. The van der Waals surface area contributed by atoms with Gasteiger partial charge < -0.3 is 14.7 Å². The van der Waals surface area contributed by atoms with Crippen LogP contribution in [0.1, 0.15) is 24.2 Å². The molecule has 32 heavy (non-hydrogen) atoms. The number of carbonyl (C=O) groups excluding carboxylic acids is 1. The highest BCUT2D eigenvalue weighted by Crippen LogP contribution is 2.22. The molecule has 1 N–H and O–H groups in total. The van der Waals surface area contributed by atoms with Crippen molar-refractivity contribution in [3.8, 4) is 0 Å². The van der Waals surface area contributed by atoms with E-state index in [0.29, 0.717) is 0 Å². The minimum Gasteiger partial charge on any atom is -0.395 e. The molecule has 0 saturated heterocycles. The first-order valence-corrected chi connectivity index (χ1v) is 11.8. The molecule has 0 radical (unpaired) electrons. The number of aliphatic hydroxyl groups is 1. The summed E-state index contributed by atoms with van der Waals surface area (Å²) in [5.41, 5.74) is -0.0420. The molecular formula is C23H31FN2O5S. The average Bonchev–Trinajstić information content (AvgIpc) is 2.80. The fraction of sp³-hybridized carbons (Fsp3) is 0.435. The van der Waals surface area contributed by atoms with Crippen LogP contribution in [0.4, 0.5) is 4.39 Å². The quantitative estimate of drug-likeness (QED) is 0.550. The second-order valence-corrected chi connectivity index (χ2v) is 9.73. The molecule has 0 saturated carbocycles. The van der Waals surface area contributed by atoms with Gasteiger partial charge in [-0.3, -0.25) is 4.79 Å². The first-order valence-electron chi connectivity index (χ1n) is 10.3. The number of methoxy groups -OCH3 is 1. The molecule has 9 heteroatoms. The largest absolute Gasteiger partial charge is 0.395 e. The van der Waals surface area contributed by atoms with Crippen molar-refractivity contribution in [1.82, 2.24) is 9.21 Å². The standard InChI is InChI=1S/C23H31FN2O5S/c1-17(14-26(18(2)16-27)32(29,30)19-10-6-5-7-11-19)22(31-4)15-25(3)23(28)20-12-8-9-13-21(20)24/h5-13,17-18,22,27H,14-16H2,1-4H3/t17-,18+,22-/m0/s1. The average molecular weight is 467 g/mol. The number of carbonyl (C=O) groups is 1. The van der Waals surface area contributed by atoms with Crippen LogP contribution in [0.5, 0.6) is 0 Å². The van der Waals surface area contributed by atoms with Gasteiger partial charge >= 0.3 is 0 Å². The van der Waals surface area contributed by atoms with Crippen molar-refractivity contribution in [3.05, 3.63) is 66.0 Å². The molecule has 0 unspecified atom stereocenters. The van der Waals surface area contributed by atoms with Crippen molar-refractivity contribution in [2.75, 3.05) is 33.9 Å². The third-order valence-corrected chi connectivity index (χ3v) is 7.41. The highest BCUT2D eigenvalue weighted by atomic mass is 32.2. The summed E-state index contributed by atoms with van der Waals surface area (Å²) in [5, 5.41) is 9.67. The lowest BCUT2D eigenvalue weighted by Gasteiger charge is -2.33. The van der Waals surface area contributed by atoms with Gasteiger partial charge in [0.1, 0.15) is 5.82 Å². The Bertz CT molecular complexity index is 987. The van der Waals surface area contributed by atoms with Crippen molar-refractivity contribution in [3.63, 3.8) is 0 Å². The number of aliphatic hydroxyl groups excluding tert-OH is 1. The first-order chi connectivity index (χ1) is 15.1. The molecule has 0 heterocycles. The second-order valence-electron chi connectivity index (χ2n) is 7.84. The molecule has 0 bridgehead atoms. The van der Waals surface area contributed by atoms with Crippen LogP contribution in [0.15, 0.2) is 59.5 Å². The second kappa shape index (κ2) is 11.5. The molecule has 0 aliphatic heterocycles. The van der Waals surface area contributed by atoms with E-state index in [-0.39, 0.29) is 36.1 Å². The fourth-order valence-corrected chi connectivity index (χ4v) is 5.16. The van der Waals surface area contributed by atoms with Crippen LogP contribution in [0, 0.1) is 11.7 Å². The topological polar surface area (TPSA) is 87.2 Å². The van der Waals surface area contributed by atoms with Crippen LogP contribution < -0.4 is 0 Å². The molecule has 0 aromatic heterocycles. The molecule has 0 fully saturated rings. The van der Waals surface area contributed by atoms with Gasteiger partial charge in [-0.05, 0) is 37.1 Å². The SMILES string of the molecule is CO[C@@H](CN(C)C(=O)c1ccccc1F)[C@@H](C)CN([C@H](C)CO)S(=O)(=O)c1ccccc1. The number of hydrogen-bond acceptors (Lipinski definition) is 5. The van der Waals surface area contributed by atoms with Gasteiger partial charge in [0.15, 0.2) is 0 Å². The molecule has 2 rings (SSSR count). The van der Waals surface area contributed by atoms with Gasteiger partial charge in [0.2, 0.25) is 10.0 Å². The third-order valence-electron chi connectivity index (χ3n) is 5.42. The van der Waals surface area contributed by atoms with Crippen molar-refractivity contribution in [2.45, 2.75) is 30.9 Å². The first kappa shape index (κ1) is 25.9. The Morgan fingerprint density at radius 3 is 2.22 bits per heavy atom.